The molecular formula is C20H27FN8O3. The van der Waals surface area contributed by atoms with Gasteiger partial charge in [0.15, 0.2) is 11.6 Å². The van der Waals surface area contributed by atoms with E-state index < -0.39 is 11.4 Å². The number of aliphatic hydroxyl groups excluding tert-OH is 1. The van der Waals surface area contributed by atoms with Crippen LogP contribution in [0.15, 0.2) is 12.4 Å². The number of aromatic nitrogens is 4. The first-order chi connectivity index (χ1) is 15.4. The zero-order valence-electron chi connectivity index (χ0n) is 17.9. The van der Waals surface area contributed by atoms with E-state index in [2.05, 4.69) is 25.3 Å². The average Bonchev–Trinajstić information content (AvgIpc) is 2.82. The third-order valence-electron chi connectivity index (χ3n) is 5.79. The normalized spacial score (nSPS) is 21.5. The standard InChI is InChI=1S/C20H27FN8O3/c1-13(31)29-4-2-3-20(11-29,12-30)27-17-15(21)16(14-9-23-18(22)24-10-14)25-19(26-17)28-5-7-32-8-6-28/h9-10,30H,2-8,11-12H2,1H3,(H2,22,23,24)(H,25,26,27)/t20-/m1/s1. The van der Waals surface area contributed by atoms with Crippen LogP contribution in [-0.4, -0.2) is 87.4 Å². The molecule has 0 unspecified atom stereocenters. The summed E-state index contributed by atoms with van der Waals surface area (Å²) in [6.07, 6.45) is 4.04. The molecule has 2 saturated heterocycles. The van der Waals surface area contributed by atoms with Crippen LogP contribution in [0.4, 0.5) is 22.1 Å². The number of hydrogen-bond donors (Lipinski definition) is 3. The van der Waals surface area contributed by atoms with Crippen molar-refractivity contribution in [1.29, 1.82) is 0 Å². The van der Waals surface area contributed by atoms with Gasteiger partial charge in [0.05, 0.1) is 25.4 Å². The van der Waals surface area contributed by atoms with Crippen molar-refractivity contribution in [1.82, 2.24) is 24.8 Å². The molecule has 2 aliphatic heterocycles. The molecule has 2 aliphatic rings. The predicted octanol–water partition coefficient (Wildman–Crippen LogP) is 0.277. The summed E-state index contributed by atoms with van der Waals surface area (Å²) in [6.45, 7) is 4.18. The Morgan fingerprint density at radius 1 is 1.28 bits per heavy atom. The molecule has 4 N–H and O–H groups in total. The summed E-state index contributed by atoms with van der Waals surface area (Å²) >= 11 is 0. The van der Waals surface area contributed by atoms with Crippen LogP contribution in [0.5, 0.6) is 0 Å². The topological polar surface area (TPSA) is 143 Å². The van der Waals surface area contributed by atoms with Crippen molar-refractivity contribution in [2.75, 3.05) is 62.0 Å². The number of halogens is 1. The van der Waals surface area contributed by atoms with Gasteiger partial charge in [-0.1, -0.05) is 0 Å². The van der Waals surface area contributed by atoms with Gasteiger partial charge in [-0.25, -0.2) is 19.3 Å². The minimum absolute atomic E-state index is 0.0244. The van der Waals surface area contributed by atoms with Gasteiger partial charge in [0.25, 0.3) is 0 Å². The number of nitrogens with two attached hydrogens (primary N) is 1. The van der Waals surface area contributed by atoms with Crippen LogP contribution in [0.3, 0.4) is 0 Å². The van der Waals surface area contributed by atoms with E-state index in [1.54, 1.807) is 4.90 Å². The second-order valence-electron chi connectivity index (χ2n) is 8.07. The van der Waals surface area contributed by atoms with Gasteiger partial charge >= 0.3 is 0 Å². The average molecular weight is 446 g/mol. The number of carbonyl (C=O) groups is 1. The second-order valence-corrected chi connectivity index (χ2v) is 8.07. The molecule has 11 nitrogen and oxygen atoms in total. The quantitative estimate of drug-likeness (QED) is 0.586. The van der Waals surface area contributed by atoms with Crippen LogP contribution in [0.25, 0.3) is 11.3 Å². The lowest BCUT2D eigenvalue weighted by Crippen LogP contribution is -2.56. The lowest BCUT2D eigenvalue weighted by molar-refractivity contribution is -0.131. The molecule has 4 rings (SSSR count). The van der Waals surface area contributed by atoms with Crippen LogP contribution in [0, 0.1) is 5.82 Å². The molecule has 0 radical (unpaired) electrons. The van der Waals surface area contributed by atoms with Gasteiger partial charge in [-0.15, -0.1) is 0 Å². The maximum absolute atomic E-state index is 15.6. The number of nitrogen functional groups attached to an aromatic ring is 1. The summed E-state index contributed by atoms with van der Waals surface area (Å²) in [4.78, 5) is 32.2. The largest absolute Gasteiger partial charge is 0.394 e. The number of rotatable bonds is 5. The van der Waals surface area contributed by atoms with E-state index in [4.69, 9.17) is 10.5 Å². The number of piperidine rings is 1. The van der Waals surface area contributed by atoms with E-state index in [0.29, 0.717) is 57.2 Å². The van der Waals surface area contributed by atoms with Gasteiger partial charge in [0.1, 0.15) is 5.69 Å². The zero-order chi connectivity index (χ0) is 22.7. The molecule has 0 bridgehead atoms. The number of hydrogen-bond acceptors (Lipinski definition) is 10. The van der Waals surface area contributed by atoms with E-state index in [1.165, 1.54) is 19.3 Å². The molecule has 12 heteroatoms. The molecule has 2 aromatic heterocycles. The molecule has 0 saturated carbocycles. The molecule has 4 heterocycles. The Morgan fingerprint density at radius 2 is 2.00 bits per heavy atom. The molecule has 32 heavy (non-hydrogen) atoms. The van der Waals surface area contributed by atoms with E-state index in [9.17, 15) is 9.90 Å². The van der Waals surface area contributed by atoms with Gasteiger partial charge < -0.3 is 30.7 Å². The number of morpholine rings is 1. The molecular weight excluding hydrogens is 419 g/mol. The highest BCUT2D eigenvalue weighted by atomic mass is 19.1. The number of carbonyl (C=O) groups excluding carboxylic acids is 1. The predicted molar refractivity (Wildman–Crippen MR) is 115 cm³/mol. The number of amides is 1. The number of likely N-dealkylation sites (tertiary alicyclic amines) is 1. The molecule has 0 aliphatic carbocycles. The Kier molecular flexibility index (Phi) is 6.33. The Hall–Kier alpha value is -3.12. The van der Waals surface area contributed by atoms with Crippen molar-refractivity contribution in [3.63, 3.8) is 0 Å². The highest BCUT2D eigenvalue weighted by Crippen LogP contribution is 2.31. The van der Waals surface area contributed by atoms with Crippen molar-refractivity contribution in [3.8, 4) is 11.3 Å². The maximum Gasteiger partial charge on any atom is 0.228 e. The first-order valence-electron chi connectivity index (χ1n) is 10.5. The highest BCUT2D eigenvalue weighted by Gasteiger charge is 2.37. The zero-order valence-corrected chi connectivity index (χ0v) is 17.9. The Labute approximate surface area is 184 Å². The van der Waals surface area contributed by atoms with Crippen molar-refractivity contribution >= 4 is 23.6 Å². The van der Waals surface area contributed by atoms with Crippen LogP contribution in [0.1, 0.15) is 19.8 Å². The summed E-state index contributed by atoms with van der Waals surface area (Å²) in [5.74, 6) is -0.436. The molecule has 0 aromatic carbocycles. The maximum atomic E-state index is 15.6. The summed E-state index contributed by atoms with van der Waals surface area (Å²) in [6, 6.07) is 0. The number of anilines is 3. The molecule has 1 amide bonds. The second kappa shape index (κ2) is 9.17. The van der Waals surface area contributed by atoms with E-state index >= 15 is 4.39 Å². The van der Waals surface area contributed by atoms with Crippen LogP contribution < -0.4 is 16.0 Å². The van der Waals surface area contributed by atoms with Gasteiger partial charge in [0.2, 0.25) is 17.8 Å². The van der Waals surface area contributed by atoms with Gasteiger partial charge in [-0.05, 0) is 12.8 Å². The van der Waals surface area contributed by atoms with E-state index in [1.807, 2.05) is 4.90 Å². The Bertz CT molecular complexity index is 970. The first-order valence-corrected chi connectivity index (χ1v) is 10.5. The van der Waals surface area contributed by atoms with Crippen LogP contribution in [-0.2, 0) is 9.53 Å². The minimum Gasteiger partial charge on any atom is -0.394 e. The summed E-state index contributed by atoms with van der Waals surface area (Å²) in [7, 11) is 0. The summed E-state index contributed by atoms with van der Waals surface area (Å²) < 4.78 is 21.0. The fourth-order valence-corrected chi connectivity index (χ4v) is 4.00. The molecule has 172 valence electrons. The Balaban J connectivity index is 1.75. The minimum atomic E-state index is -0.920. The van der Waals surface area contributed by atoms with Crippen molar-refractivity contribution in [2.24, 2.45) is 0 Å². The number of nitrogens with one attached hydrogen (secondary N) is 1. The van der Waals surface area contributed by atoms with Gasteiger partial charge in [0, 0.05) is 51.1 Å². The fourth-order valence-electron chi connectivity index (χ4n) is 4.00. The lowest BCUT2D eigenvalue weighted by atomic mass is 9.89. The van der Waals surface area contributed by atoms with Crippen LogP contribution in [0.2, 0.25) is 0 Å². The SMILES string of the molecule is CC(=O)N1CCC[C@@](CO)(Nc2nc(N3CCOCC3)nc(-c3cnc(N)nc3)c2F)C1. The molecule has 0 spiro atoms. The summed E-state index contributed by atoms with van der Waals surface area (Å²) in [5, 5.41) is 13.3. The van der Waals surface area contributed by atoms with E-state index in [0.717, 1.165) is 0 Å². The Morgan fingerprint density at radius 3 is 2.66 bits per heavy atom. The van der Waals surface area contributed by atoms with Crippen molar-refractivity contribution in [3.05, 3.63) is 18.2 Å². The monoisotopic (exact) mass is 446 g/mol. The highest BCUT2D eigenvalue weighted by molar-refractivity contribution is 5.73. The van der Waals surface area contributed by atoms with Gasteiger partial charge in [-0.2, -0.15) is 4.98 Å². The van der Waals surface area contributed by atoms with Gasteiger partial charge in [-0.3, -0.25) is 4.79 Å². The number of aliphatic hydroxyl groups is 1. The summed E-state index contributed by atoms with van der Waals surface area (Å²) in [5.41, 5.74) is 5.03. The number of ether oxygens (including phenoxy) is 1. The van der Waals surface area contributed by atoms with E-state index in [-0.39, 0.29) is 36.5 Å². The third-order valence-corrected chi connectivity index (χ3v) is 5.79. The third kappa shape index (κ3) is 4.55. The van der Waals surface area contributed by atoms with Crippen molar-refractivity contribution in [2.45, 2.75) is 25.3 Å². The van der Waals surface area contributed by atoms with Crippen molar-refractivity contribution < 1.29 is 19.0 Å². The lowest BCUT2D eigenvalue weighted by Gasteiger charge is -2.42. The molecule has 2 fully saturated rings. The molecule has 2 aromatic rings. The first kappa shape index (κ1) is 22.1. The number of nitrogens with zero attached hydrogens (tertiary/aromatic N) is 6. The smallest absolute Gasteiger partial charge is 0.228 e. The van der Waals surface area contributed by atoms with Crippen LogP contribution >= 0.6 is 0 Å². The molecule has 1 atom stereocenters. The fraction of sp³-hybridized carbons (Fsp3) is 0.550.